The molecule has 0 saturated carbocycles. The van der Waals surface area contributed by atoms with Crippen molar-refractivity contribution in [1.29, 1.82) is 0 Å². The molecule has 186 valence electrons. The molecule has 0 aliphatic carbocycles. The minimum Gasteiger partial charge on any atom is -0.480 e. The van der Waals surface area contributed by atoms with Gasteiger partial charge in [0.15, 0.2) is 0 Å². The largest absolute Gasteiger partial charge is 0.480 e. The summed E-state index contributed by atoms with van der Waals surface area (Å²) in [5, 5.41) is 19.5. The van der Waals surface area contributed by atoms with E-state index in [-0.39, 0.29) is 25.2 Å². The summed E-state index contributed by atoms with van der Waals surface area (Å²) in [4.78, 5) is 72.1. The molecule has 1 saturated heterocycles. The fraction of sp³-hybridized carbons (Fsp3) is 0.700. The number of amides is 5. The smallest absolute Gasteiger partial charge is 0.326 e. The van der Waals surface area contributed by atoms with Gasteiger partial charge in [-0.15, -0.1) is 0 Å². The van der Waals surface area contributed by atoms with Gasteiger partial charge < -0.3 is 37.8 Å². The molecule has 1 aliphatic rings. The summed E-state index contributed by atoms with van der Waals surface area (Å²) in [5.74, 6) is -5.07. The summed E-state index contributed by atoms with van der Waals surface area (Å²) in [7, 11) is 0. The van der Waals surface area contributed by atoms with Crippen molar-refractivity contribution in [2.45, 2.75) is 76.5 Å². The van der Waals surface area contributed by atoms with Gasteiger partial charge in [-0.1, -0.05) is 13.8 Å². The second-order valence-electron chi connectivity index (χ2n) is 8.48. The van der Waals surface area contributed by atoms with Crippen LogP contribution < -0.4 is 32.7 Å². The Labute approximate surface area is 191 Å². The third-order valence-corrected chi connectivity index (χ3v) is 5.05. The molecular formula is C20H34N6O7. The first kappa shape index (κ1) is 27.8. The zero-order chi connectivity index (χ0) is 25.1. The van der Waals surface area contributed by atoms with Gasteiger partial charge in [0.1, 0.15) is 18.1 Å². The van der Waals surface area contributed by atoms with Crippen LogP contribution in [0.3, 0.4) is 0 Å². The second kappa shape index (κ2) is 13.4. The number of hydrogen-bond donors (Lipinski definition) is 7. The van der Waals surface area contributed by atoms with E-state index in [1.807, 2.05) is 0 Å². The first-order valence-corrected chi connectivity index (χ1v) is 10.8. The van der Waals surface area contributed by atoms with Crippen molar-refractivity contribution in [3.8, 4) is 0 Å². The maximum atomic E-state index is 12.8. The Morgan fingerprint density at radius 2 is 1.55 bits per heavy atom. The van der Waals surface area contributed by atoms with Crippen LogP contribution in [0.5, 0.6) is 0 Å². The number of primary amides is 2. The molecule has 1 aliphatic heterocycles. The molecule has 0 bridgehead atoms. The molecule has 1 rings (SSSR count). The minimum absolute atomic E-state index is 0.0376. The zero-order valence-corrected chi connectivity index (χ0v) is 18.9. The summed E-state index contributed by atoms with van der Waals surface area (Å²) in [6, 6.07) is -4.40. The third-order valence-electron chi connectivity index (χ3n) is 5.05. The quantitative estimate of drug-likeness (QED) is 0.143. The topological polar surface area (TPSA) is 223 Å². The van der Waals surface area contributed by atoms with Crippen molar-refractivity contribution in [2.24, 2.45) is 17.4 Å². The Morgan fingerprint density at radius 3 is 2.03 bits per heavy atom. The average Bonchev–Trinajstić information content (AvgIpc) is 3.23. The highest BCUT2D eigenvalue weighted by atomic mass is 16.4. The number of hydrogen-bond acceptors (Lipinski definition) is 7. The van der Waals surface area contributed by atoms with Gasteiger partial charge in [0.2, 0.25) is 29.5 Å². The van der Waals surface area contributed by atoms with Gasteiger partial charge in [-0.2, -0.15) is 0 Å². The molecule has 1 fully saturated rings. The van der Waals surface area contributed by atoms with Crippen molar-refractivity contribution in [2.75, 3.05) is 6.54 Å². The van der Waals surface area contributed by atoms with Crippen LogP contribution in [-0.4, -0.2) is 71.3 Å². The molecule has 33 heavy (non-hydrogen) atoms. The Bertz CT molecular complexity index is 751. The molecule has 0 aromatic heterocycles. The molecule has 5 amide bonds. The summed E-state index contributed by atoms with van der Waals surface area (Å²) in [6.07, 6.45) is 0.501. The highest BCUT2D eigenvalue weighted by molar-refractivity contribution is 5.96. The highest BCUT2D eigenvalue weighted by Gasteiger charge is 2.32. The van der Waals surface area contributed by atoms with Gasteiger partial charge in [-0.25, -0.2) is 4.79 Å². The van der Waals surface area contributed by atoms with Gasteiger partial charge in [-0.05, 0) is 38.1 Å². The monoisotopic (exact) mass is 470 g/mol. The molecule has 0 aromatic rings. The molecule has 4 atom stereocenters. The number of carboxylic acid groups (broad SMARTS) is 1. The predicted octanol–water partition coefficient (Wildman–Crippen LogP) is -2.54. The standard InChI is InChI=1S/C20H34N6O7/c1-10(2)8-14(20(32)33)26-18(30)12(5-6-15(21)27)24-19(31)13(9-16(22)28)25-17(29)11-4-3-7-23-11/h10-14,23H,3-9H2,1-2H3,(H2,21,27)(H2,22,28)(H,24,31)(H,25,29)(H,26,30)(H,32,33). The Hall–Kier alpha value is -3.22. The summed E-state index contributed by atoms with van der Waals surface area (Å²) >= 11 is 0. The maximum absolute atomic E-state index is 12.8. The Kier molecular flexibility index (Phi) is 11.3. The van der Waals surface area contributed by atoms with E-state index in [2.05, 4.69) is 21.3 Å². The number of aliphatic carboxylic acids is 1. The number of carbonyl (C=O) groups is 6. The van der Waals surface area contributed by atoms with Crippen LogP contribution in [-0.2, 0) is 28.8 Å². The van der Waals surface area contributed by atoms with Crippen LogP contribution in [0.15, 0.2) is 0 Å². The van der Waals surface area contributed by atoms with Crippen LogP contribution in [0.1, 0.15) is 52.4 Å². The third kappa shape index (κ3) is 10.3. The summed E-state index contributed by atoms with van der Waals surface area (Å²) < 4.78 is 0. The van der Waals surface area contributed by atoms with E-state index in [1.54, 1.807) is 13.8 Å². The number of carboxylic acids is 1. The number of carbonyl (C=O) groups excluding carboxylic acids is 5. The van der Waals surface area contributed by atoms with Crippen LogP contribution in [0.4, 0.5) is 0 Å². The van der Waals surface area contributed by atoms with E-state index in [0.29, 0.717) is 13.0 Å². The number of rotatable bonds is 14. The molecule has 13 nitrogen and oxygen atoms in total. The van der Waals surface area contributed by atoms with Crippen LogP contribution in [0.2, 0.25) is 0 Å². The zero-order valence-electron chi connectivity index (χ0n) is 18.9. The molecule has 0 aromatic carbocycles. The predicted molar refractivity (Wildman–Crippen MR) is 116 cm³/mol. The van der Waals surface area contributed by atoms with Crippen molar-refractivity contribution >= 4 is 35.5 Å². The van der Waals surface area contributed by atoms with Crippen molar-refractivity contribution in [3.05, 3.63) is 0 Å². The van der Waals surface area contributed by atoms with E-state index >= 15 is 0 Å². The van der Waals surface area contributed by atoms with Gasteiger partial charge >= 0.3 is 5.97 Å². The van der Waals surface area contributed by atoms with Crippen molar-refractivity contribution in [3.63, 3.8) is 0 Å². The molecule has 0 radical (unpaired) electrons. The van der Waals surface area contributed by atoms with E-state index < -0.39 is 66.1 Å². The van der Waals surface area contributed by atoms with Crippen molar-refractivity contribution in [1.82, 2.24) is 21.3 Å². The molecule has 1 heterocycles. The van der Waals surface area contributed by atoms with E-state index in [4.69, 9.17) is 11.5 Å². The average molecular weight is 471 g/mol. The first-order chi connectivity index (χ1) is 15.4. The minimum atomic E-state index is -1.35. The normalized spacial score (nSPS) is 18.1. The molecule has 13 heteroatoms. The summed E-state index contributed by atoms with van der Waals surface area (Å²) in [6.45, 7) is 4.21. The second-order valence-corrected chi connectivity index (χ2v) is 8.48. The lowest BCUT2D eigenvalue weighted by Crippen LogP contribution is -2.57. The fourth-order valence-electron chi connectivity index (χ4n) is 3.38. The first-order valence-electron chi connectivity index (χ1n) is 10.8. The van der Waals surface area contributed by atoms with Crippen LogP contribution in [0, 0.1) is 5.92 Å². The Balaban J connectivity index is 2.96. The van der Waals surface area contributed by atoms with Crippen LogP contribution in [0.25, 0.3) is 0 Å². The maximum Gasteiger partial charge on any atom is 0.326 e. The molecular weight excluding hydrogens is 436 g/mol. The van der Waals surface area contributed by atoms with Gasteiger partial charge in [0.05, 0.1) is 12.5 Å². The lowest BCUT2D eigenvalue weighted by molar-refractivity contribution is -0.143. The van der Waals surface area contributed by atoms with Gasteiger partial charge in [0.25, 0.3) is 0 Å². The lowest BCUT2D eigenvalue weighted by atomic mass is 10.0. The highest BCUT2D eigenvalue weighted by Crippen LogP contribution is 2.08. The number of nitrogens with two attached hydrogens (primary N) is 2. The van der Waals surface area contributed by atoms with E-state index in [1.165, 1.54) is 0 Å². The van der Waals surface area contributed by atoms with Crippen molar-refractivity contribution < 1.29 is 33.9 Å². The van der Waals surface area contributed by atoms with Gasteiger partial charge in [0, 0.05) is 6.42 Å². The Morgan fingerprint density at radius 1 is 0.939 bits per heavy atom. The lowest BCUT2D eigenvalue weighted by Gasteiger charge is -2.25. The van der Waals surface area contributed by atoms with Crippen LogP contribution >= 0.6 is 0 Å². The van der Waals surface area contributed by atoms with Gasteiger partial charge in [-0.3, -0.25) is 24.0 Å². The summed E-state index contributed by atoms with van der Waals surface area (Å²) in [5.41, 5.74) is 10.3. The van der Waals surface area contributed by atoms with E-state index in [9.17, 15) is 33.9 Å². The molecule has 0 spiro atoms. The number of nitrogens with one attached hydrogen (secondary N) is 4. The SMILES string of the molecule is CC(C)CC(NC(=O)C(CCC(N)=O)NC(=O)C(CC(N)=O)NC(=O)C1CCCN1)C(=O)O. The molecule has 9 N–H and O–H groups in total. The molecule has 4 unspecified atom stereocenters. The van der Waals surface area contributed by atoms with E-state index in [0.717, 1.165) is 6.42 Å². The fourth-order valence-corrected chi connectivity index (χ4v) is 3.38.